The molecule has 1 heterocycles. The van der Waals surface area contributed by atoms with Crippen molar-refractivity contribution in [2.24, 2.45) is 0 Å². The van der Waals surface area contributed by atoms with Crippen LogP contribution in [-0.2, 0) is 4.79 Å². The lowest BCUT2D eigenvalue weighted by atomic mass is 10.2. The zero-order valence-electron chi connectivity index (χ0n) is 11.0. The number of nitrogens with zero attached hydrogens (tertiary/aromatic N) is 1. The highest BCUT2D eigenvalue weighted by Gasteiger charge is 2.22. The molecule has 0 radical (unpaired) electrons. The molecule has 1 N–H and O–H groups in total. The Morgan fingerprint density at radius 3 is 3.00 bits per heavy atom. The summed E-state index contributed by atoms with van der Waals surface area (Å²) in [5.74, 6) is 0.784. The maximum absolute atomic E-state index is 12.2. The molecule has 98 valence electrons. The van der Waals surface area contributed by atoms with Gasteiger partial charge in [0.05, 0.1) is 5.75 Å². The van der Waals surface area contributed by atoms with Crippen molar-refractivity contribution < 1.29 is 4.79 Å². The Bertz CT molecular complexity index is 422. The van der Waals surface area contributed by atoms with Crippen LogP contribution in [0.1, 0.15) is 12.5 Å². The van der Waals surface area contributed by atoms with Crippen LogP contribution < -0.4 is 5.32 Å². The summed E-state index contributed by atoms with van der Waals surface area (Å²) in [7, 11) is 0. The standard InChI is InChI=1S/C14H20N2OS/c1-11-5-3-4-6-13(11)18-10-14(17)16-8-7-15-9-12(16)2/h3-6,12,15H,7-10H2,1-2H3/t12-/m1/s1. The maximum atomic E-state index is 12.2. The van der Waals surface area contributed by atoms with Crippen molar-refractivity contribution in [1.29, 1.82) is 0 Å². The molecule has 0 bridgehead atoms. The number of thioether (sulfide) groups is 1. The highest BCUT2D eigenvalue weighted by atomic mass is 32.2. The number of carbonyl (C=O) groups is 1. The van der Waals surface area contributed by atoms with Crippen molar-refractivity contribution in [2.75, 3.05) is 25.4 Å². The van der Waals surface area contributed by atoms with E-state index in [2.05, 4.69) is 31.3 Å². The van der Waals surface area contributed by atoms with Gasteiger partial charge >= 0.3 is 0 Å². The van der Waals surface area contributed by atoms with E-state index in [1.165, 1.54) is 10.5 Å². The fourth-order valence-corrected chi connectivity index (χ4v) is 3.07. The third kappa shape index (κ3) is 3.27. The van der Waals surface area contributed by atoms with Gasteiger partial charge in [-0.1, -0.05) is 18.2 Å². The van der Waals surface area contributed by atoms with E-state index in [0.717, 1.165) is 19.6 Å². The van der Waals surface area contributed by atoms with Crippen LogP contribution in [0.15, 0.2) is 29.2 Å². The normalized spacial score (nSPS) is 19.9. The summed E-state index contributed by atoms with van der Waals surface area (Å²) in [6.45, 7) is 6.82. The monoisotopic (exact) mass is 264 g/mol. The highest BCUT2D eigenvalue weighted by molar-refractivity contribution is 8.00. The lowest BCUT2D eigenvalue weighted by Gasteiger charge is -2.34. The SMILES string of the molecule is Cc1ccccc1SCC(=O)N1CCNC[C@H]1C. The van der Waals surface area contributed by atoms with Gasteiger partial charge in [-0.15, -0.1) is 11.8 Å². The van der Waals surface area contributed by atoms with Gasteiger partial charge in [0.25, 0.3) is 0 Å². The fourth-order valence-electron chi connectivity index (χ4n) is 2.15. The van der Waals surface area contributed by atoms with Gasteiger partial charge < -0.3 is 10.2 Å². The first-order valence-corrected chi connectivity index (χ1v) is 7.35. The third-order valence-electron chi connectivity index (χ3n) is 3.27. The molecule has 1 aliphatic rings. The number of piperazine rings is 1. The summed E-state index contributed by atoms with van der Waals surface area (Å²) in [6.07, 6.45) is 0. The quantitative estimate of drug-likeness (QED) is 0.846. The molecule has 0 unspecified atom stereocenters. The zero-order chi connectivity index (χ0) is 13.0. The van der Waals surface area contributed by atoms with Crippen LogP contribution >= 0.6 is 11.8 Å². The molecule has 1 aromatic rings. The number of carbonyl (C=O) groups excluding carboxylic acids is 1. The van der Waals surface area contributed by atoms with Crippen LogP contribution in [0.3, 0.4) is 0 Å². The Morgan fingerprint density at radius 2 is 2.28 bits per heavy atom. The number of aryl methyl sites for hydroxylation is 1. The van der Waals surface area contributed by atoms with Gasteiger partial charge in [0, 0.05) is 30.6 Å². The van der Waals surface area contributed by atoms with E-state index in [0.29, 0.717) is 11.8 Å². The molecular weight excluding hydrogens is 244 g/mol. The number of hydrogen-bond acceptors (Lipinski definition) is 3. The Balaban J connectivity index is 1.90. The van der Waals surface area contributed by atoms with Crippen molar-refractivity contribution in [3.05, 3.63) is 29.8 Å². The predicted molar refractivity (Wildman–Crippen MR) is 75.9 cm³/mol. The van der Waals surface area contributed by atoms with E-state index in [1.54, 1.807) is 11.8 Å². The van der Waals surface area contributed by atoms with Crippen molar-refractivity contribution >= 4 is 17.7 Å². The predicted octanol–water partition coefficient (Wildman–Crippen LogP) is 1.91. The largest absolute Gasteiger partial charge is 0.337 e. The first kappa shape index (κ1) is 13.4. The van der Waals surface area contributed by atoms with Gasteiger partial charge in [0.1, 0.15) is 0 Å². The molecule has 0 aliphatic carbocycles. The van der Waals surface area contributed by atoms with Crippen LogP contribution in [0.25, 0.3) is 0 Å². The van der Waals surface area contributed by atoms with Crippen LogP contribution in [0, 0.1) is 6.92 Å². The smallest absolute Gasteiger partial charge is 0.233 e. The number of hydrogen-bond donors (Lipinski definition) is 1. The summed E-state index contributed by atoms with van der Waals surface area (Å²) >= 11 is 1.64. The summed E-state index contributed by atoms with van der Waals surface area (Å²) in [4.78, 5) is 15.4. The van der Waals surface area contributed by atoms with Crippen molar-refractivity contribution in [2.45, 2.75) is 24.8 Å². The first-order chi connectivity index (χ1) is 8.68. The molecular formula is C14H20N2OS. The van der Waals surface area contributed by atoms with Gasteiger partial charge in [-0.05, 0) is 25.5 Å². The van der Waals surface area contributed by atoms with Gasteiger partial charge in [-0.3, -0.25) is 4.79 Å². The molecule has 0 saturated carbocycles. The Hall–Kier alpha value is -1.00. The second-order valence-electron chi connectivity index (χ2n) is 4.69. The molecule has 3 nitrogen and oxygen atoms in total. The molecule has 0 spiro atoms. The number of rotatable bonds is 3. The van der Waals surface area contributed by atoms with Crippen LogP contribution in [0.2, 0.25) is 0 Å². The average Bonchev–Trinajstić information content (AvgIpc) is 2.38. The van der Waals surface area contributed by atoms with Gasteiger partial charge in [0.2, 0.25) is 5.91 Å². The summed E-state index contributed by atoms with van der Waals surface area (Å²) in [5.41, 5.74) is 1.24. The van der Waals surface area contributed by atoms with E-state index in [9.17, 15) is 4.79 Å². The lowest BCUT2D eigenvalue weighted by Crippen LogP contribution is -2.52. The zero-order valence-corrected chi connectivity index (χ0v) is 11.8. The van der Waals surface area contributed by atoms with Gasteiger partial charge in [-0.25, -0.2) is 0 Å². The topological polar surface area (TPSA) is 32.3 Å². The number of nitrogens with one attached hydrogen (secondary N) is 1. The van der Waals surface area contributed by atoms with E-state index in [1.807, 2.05) is 17.0 Å². The number of benzene rings is 1. The van der Waals surface area contributed by atoms with Gasteiger partial charge in [0.15, 0.2) is 0 Å². The van der Waals surface area contributed by atoms with Crippen LogP contribution in [0.4, 0.5) is 0 Å². The highest BCUT2D eigenvalue weighted by Crippen LogP contribution is 2.22. The minimum Gasteiger partial charge on any atom is -0.337 e. The molecule has 18 heavy (non-hydrogen) atoms. The summed E-state index contributed by atoms with van der Waals surface area (Å²) < 4.78 is 0. The molecule has 1 fully saturated rings. The van der Waals surface area contributed by atoms with Crippen LogP contribution in [0.5, 0.6) is 0 Å². The summed E-state index contributed by atoms with van der Waals surface area (Å²) in [5, 5.41) is 3.30. The second-order valence-corrected chi connectivity index (χ2v) is 5.71. The molecule has 1 atom stereocenters. The molecule has 1 saturated heterocycles. The molecule has 1 aromatic carbocycles. The molecule has 0 aromatic heterocycles. The Morgan fingerprint density at radius 1 is 1.50 bits per heavy atom. The van der Waals surface area contributed by atoms with Gasteiger partial charge in [-0.2, -0.15) is 0 Å². The minimum absolute atomic E-state index is 0.247. The minimum atomic E-state index is 0.247. The Kier molecular flexibility index (Phi) is 4.66. The second kappa shape index (κ2) is 6.25. The molecule has 1 aliphatic heterocycles. The fraction of sp³-hybridized carbons (Fsp3) is 0.500. The van der Waals surface area contributed by atoms with Crippen molar-refractivity contribution in [3.63, 3.8) is 0 Å². The van der Waals surface area contributed by atoms with Crippen LogP contribution in [-0.4, -0.2) is 42.2 Å². The third-order valence-corrected chi connectivity index (χ3v) is 4.43. The van der Waals surface area contributed by atoms with E-state index < -0.39 is 0 Å². The number of amides is 1. The molecule has 4 heteroatoms. The van der Waals surface area contributed by atoms with E-state index in [-0.39, 0.29) is 5.91 Å². The van der Waals surface area contributed by atoms with E-state index >= 15 is 0 Å². The lowest BCUT2D eigenvalue weighted by molar-refractivity contribution is -0.131. The maximum Gasteiger partial charge on any atom is 0.233 e. The average molecular weight is 264 g/mol. The molecule has 2 rings (SSSR count). The summed E-state index contributed by atoms with van der Waals surface area (Å²) in [6, 6.07) is 8.52. The molecule has 1 amide bonds. The van der Waals surface area contributed by atoms with Crippen molar-refractivity contribution in [1.82, 2.24) is 10.2 Å². The van der Waals surface area contributed by atoms with Crippen molar-refractivity contribution in [3.8, 4) is 0 Å². The first-order valence-electron chi connectivity index (χ1n) is 6.37. The Labute approximate surface area is 113 Å². The van der Waals surface area contributed by atoms with E-state index in [4.69, 9.17) is 0 Å².